The molecule has 2 fully saturated rings. The van der Waals surface area contributed by atoms with Crippen molar-refractivity contribution in [3.63, 3.8) is 0 Å². The van der Waals surface area contributed by atoms with E-state index in [-0.39, 0.29) is 25.0 Å². The monoisotopic (exact) mass is 558 g/mol. The number of carbonyl (C=O) groups is 2. The van der Waals surface area contributed by atoms with Crippen molar-refractivity contribution in [1.82, 2.24) is 30.2 Å². The van der Waals surface area contributed by atoms with Crippen molar-refractivity contribution in [2.45, 2.75) is 19.3 Å². The quantitative estimate of drug-likeness (QED) is 0.160. The molecule has 2 amide bonds. The number of carbonyl (C=O) groups excluding carboxylic acids is 2. The van der Waals surface area contributed by atoms with Crippen molar-refractivity contribution in [2.75, 3.05) is 145 Å². The first-order valence-corrected chi connectivity index (χ1v) is 14.7. The summed E-state index contributed by atoms with van der Waals surface area (Å²) in [6.45, 7) is 16.2. The molecule has 0 aliphatic carbocycles. The summed E-state index contributed by atoms with van der Waals surface area (Å²) < 4.78 is 22.2. The van der Waals surface area contributed by atoms with Crippen LogP contribution < -0.4 is 10.6 Å². The van der Waals surface area contributed by atoms with Gasteiger partial charge in [0.05, 0.1) is 13.2 Å². The molecule has 2 aliphatic heterocycles. The fourth-order valence-electron chi connectivity index (χ4n) is 4.38. The molecule has 2 saturated heterocycles. The fraction of sp³-hybridized carbons (Fsp3) is 0.926. The third kappa shape index (κ3) is 17.8. The van der Waals surface area contributed by atoms with Crippen molar-refractivity contribution >= 4 is 11.8 Å². The number of likely N-dealkylation sites (N-methyl/N-ethyl adjacent to an activating group) is 2. The predicted molar refractivity (Wildman–Crippen MR) is 151 cm³/mol. The number of hydrogen-bond donors (Lipinski definition) is 2. The molecule has 39 heavy (non-hydrogen) atoms. The van der Waals surface area contributed by atoms with E-state index in [0.29, 0.717) is 26.4 Å². The average Bonchev–Trinajstić information content (AvgIpc) is 2.95. The third-order valence-electron chi connectivity index (χ3n) is 7.06. The van der Waals surface area contributed by atoms with Gasteiger partial charge in [0.25, 0.3) is 0 Å². The van der Waals surface area contributed by atoms with Crippen LogP contribution in [-0.4, -0.2) is 177 Å². The summed E-state index contributed by atoms with van der Waals surface area (Å²) in [5, 5.41) is 5.49. The van der Waals surface area contributed by atoms with Crippen LogP contribution in [0.25, 0.3) is 0 Å². The lowest BCUT2D eigenvalue weighted by Gasteiger charge is -2.34. The standard InChI is InChI=1S/C27H54N6O6/c1-28-26(34)24-38-19-4-3-18-36-22-17-33-14-12-31(13-15-33)7-6-29-27(35)25-39-21-5-20-37-23-16-32-10-8-30(2)9-11-32/h3-25H2,1-2H3,(H,28,34)(H,29,35). The summed E-state index contributed by atoms with van der Waals surface area (Å²) >= 11 is 0. The first-order valence-electron chi connectivity index (χ1n) is 14.7. The van der Waals surface area contributed by atoms with E-state index < -0.39 is 0 Å². The zero-order valence-electron chi connectivity index (χ0n) is 24.5. The molecule has 0 aromatic rings. The molecule has 0 bridgehead atoms. The van der Waals surface area contributed by atoms with Gasteiger partial charge in [-0.15, -0.1) is 0 Å². The van der Waals surface area contributed by atoms with Gasteiger partial charge in [0, 0.05) is 112 Å². The highest BCUT2D eigenvalue weighted by Gasteiger charge is 2.16. The molecule has 2 aliphatic rings. The molecule has 0 unspecified atom stereocenters. The highest BCUT2D eigenvalue weighted by Crippen LogP contribution is 2.02. The minimum Gasteiger partial charge on any atom is -0.380 e. The number of amides is 2. The van der Waals surface area contributed by atoms with E-state index in [0.717, 1.165) is 111 Å². The van der Waals surface area contributed by atoms with Crippen LogP contribution in [0.2, 0.25) is 0 Å². The summed E-state index contributed by atoms with van der Waals surface area (Å²) in [5.74, 6) is -0.152. The van der Waals surface area contributed by atoms with Crippen molar-refractivity contribution in [1.29, 1.82) is 0 Å². The van der Waals surface area contributed by atoms with E-state index >= 15 is 0 Å². The Morgan fingerprint density at radius 1 is 0.590 bits per heavy atom. The van der Waals surface area contributed by atoms with Crippen molar-refractivity contribution in [3.05, 3.63) is 0 Å². The number of nitrogens with zero attached hydrogens (tertiary/aromatic N) is 4. The third-order valence-corrected chi connectivity index (χ3v) is 7.06. The van der Waals surface area contributed by atoms with Gasteiger partial charge in [0.1, 0.15) is 13.2 Å². The summed E-state index contributed by atoms with van der Waals surface area (Å²) in [6.07, 6.45) is 2.63. The number of unbranched alkanes of at least 4 members (excludes halogenated alkanes) is 1. The lowest BCUT2D eigenvalue weighted by Crippen LogP contribution is -2.49. The topological polar surface area (TPSA) is 108 Å². The Balaban J connectivity index is 1.30. The van der Waals surface area contributed by atoms with Gasteiger partial charge in [-0.2, -0.15) is 0 Å². The lowest BCUT2D eigenvalue weighted by molar-refractivity contribution is -0.126. The highest BCUT2D eigenvalue weighted by atomic mass is 16.5. The lowest BCUT2D eigenvalue weighted by atomic mass is 10.3. The molecular formula is C27H54N6O6. The van der Waals surface area contributed by atoms with Crippen LogP contribution in [0.1, 0.15) is 19.3 Å². The minimum absolute atomic E-state index is 0.0558. The number of nitrogens with one attached hydrogen (secondary N) is 2. The van der Waals surface area contributed by atoms with Crippen LogP contribution >= 0.6 is 0 Å². The van der Waals surface area contributed by atoms with Crippen LogP contribution in [0.5, 0.6) is 0 Å². The maximum atomic E-state index is 12.0. The predicted octanol–water partition coefficient (Wildman–Crippen LogP) is -1.05. The molecular weight excluding hydrogens is 504 g/mol. The second-order valence-corrected chi connectivity index (χ2v) is 10.2. The molecule has 2 N–H and O–H groups in total. The van der Waals surface area contributed by atoms with E-state index in [1.165, 1.54) is 0 Å². The Hall–Kier alpha value is -1.38. The van der Waals surface area contributed by atoms with Crippen molar-refractivity contribution < 1.29 is 28.5 Å². The maximum Gasteiger partial charge on any atom is 0.246 e. The van der Waals surface area contributed by atoms with Crippen LogP contribution in [0.15, 0.2) is 0 Å². The second kappa shape index (κ2) is 22.3. The van der Waals surface area contributed by atoms with E-state index in [4.69, 9.17) is 18.9 Å². The Bertz CT molecular complexity index is 630. The van der Waals surface area contributed by atoms with Crippen molar-refractivity contribution in [3.8, 4) is 0 Å². The number of ether oxygens (including phenoxy) is 4. The van der Waals surface area contributed by atoms with Gasteiger partial charge in [-0.3, -0.25) is 24.3 Å². The fourth-order valence-corrected chi connectivity index (χ4v) is 4.38. The Morgan fingerprint density at radius 3 is 1.64 bits per heavy atom. The normalized spacial score (nSPS) is 17.9. The van der Waals surface area contributed by atoms with E-state index in [1.807, 2.05) is 0 Å². The van der Waals surface area contributed by atoms with Gasteiger partial charge >= 0.3 is 0 Å². The Morgan fingerprint density at radius 2 is 1.05 bits per heavy atom. The SMILES string of the molecule is CNC(=O)COCCCCOCCN1CCN(CCNC(=O)COCCCOCCN2CCN(C)CC2)CC1. The van der Waals surface area contributed by atoms with Gasteiger partial charge in [-0.1, -0.05) is 0 Å². The van der Waals surface area contributed by atoms with Gasteiger partial charge < -0.3 is 34.5 Å². The maximum absolute atomic E-state index is 12.0. The van der Waals surface area contributed by atoms with Crippen LogP contribution in [0, 0.1) is 0 Å². The molecule has 0 spiro atoms. The first-order chi connectivity index (χ1) is 19.1. The minimum atomic E-state index is -0.0964. The number of piperazine rings is 2. The molecule has 228 valence electrons. The summed E-state index contributed by atoms with van der Waals surface area (Å²) in [7, 11) is 3.77. The van der Waals surface area contributed by atoms with Gasteiger partial charge in [0.15, 0.2) is 0 Å². The molecule has 2 heterocycles. The van der Waals surface area contributed by atoms with Crippen LogP contribution in [-0.2, 0) is 28.5 Å². The average molecular weight is 559 g/mol. The van der Waals surface area contributed by atoms with Gasteiger partial charge in [-0.05, 0) is 26.3 Å². The summed E-state index contributed by atoms with van der Waals surface area (Å²) in [4.78, 5) is 32.7. The molecule has 12 nitrogen and oxygen atoms in total. The number of hydrogen-bond acceptors (Lipinski definition) is 10. The summed E-state index contributed by atoms with van der Waals surface area (Å²) in [5.41, 5.74) is 0. The Labute approximate surface area is 235 Å². The Kier molecular flexibility index (Phi) is 19.4. The molecule has 2 rings (SSSR count). The summed E-state index contributed by atoms with van der Waals surface area (Å²) in [6, 6.07) is 0. The first kappa shape index (κ1) is 33.8. The van der Waals surface area contributed by atoms with Crippen LogP contribution in [0.4, 0.5) is 0 Å². The van der Waals surface area contributed by atoms with Gasteiger partial charge in [-0.25, -0.2) is 0 Å². The molecule has 0 saturated carbocycles. The molecule has 0 radical (unpaired) electrons. The van der Waals surface area contributed by atoms with E-state index in [9.17, 15) is 9.59 Å². The smallest absolute Gasteiger partial charge is 0.246 e. The largest absolute Gasteiger partial charge is 0.380 e. The van der Waals surface area contributed by atoms with E-state index in [1.54, 1.807) is 7.05 Å². The zero-order valence-corrected chi connectivity index (χ0v) is 24.5. The van der Waals surface area contributed by atoms with E-state index in [2.05, 4.69) is 37.3 Å². The second-order valence-electron chi connectivity index (χ2n) is 10.2. The molecule has 0 aromatic heterocycles. The molecule has 12 heteroatoms. The zero-order chi connectivity index (χ0) is 28.0. The number of rotatable bonds is 22. The highest BCUT2D eigenvalue weighted by molar-refractivity contribution is 5.77. The molecule has 0 atom stereocenters. The van der Waals surface area contributed by atoms with Crippen molar-refractivity contribution in [2.24, 2.45) is 0 Å². The van der Waals surface area contributed by atoms with Gasteiger partial charge in [0.2, 0.25) is 11.8 Å². The molecule has 0 aromatic carbocycles. The van der Waals surface area contributed by atoms with Crippen LogP contribution in [0.3, 0.4) is 0 Å².